The number of hydrogen-bond donors (Lipinski definition) is 8. The summed E-state index contributed by atoms with van der Waals surface area (Å²) in [4.78, 5) is 81.6. The summed E-state index contributed by atoms with van der Waals surface area (Å²) in [6.45, 7) is 3.48. The van der Waals surface area contributed by atoms with Crippen LogP contribution in [0, 0.1) is 0 Å². The number of nitrogen functional groups attached to an aromatic ring is 3. The van der Waals surface area contributed by atoms with Crippen LogP contribution in [0.15, 0.2) is 59.5 Å². The first-order valence-corrected chi connectivity index (χ1v) is 20.2. The summed E-state index contributed by atoms with van der Waals surface area (Å²) < 4.78 is 22.2. The first kappa shape index (κ1) is 46.2. The Hall–Kier alpha value is -7.34. The molecule has 2 amide bonds. The number of carboxylic acids is 1. The fraction of sp³-hybridized carbons (Fsp3) is 0.366. The van der Waals surface area contributed by atoms with E-state index in [1.807, 2.05) is 36.2 Å². The number of fused-ring (bicyclic) bond motifs is 2. The van der Waals surface area contributed by atoms with Gasteiger partial charge >= 0.3 is 5.97 Å². The second-order valence-electron chi connectivity index (χ2n) is 14.4. The number of anilines is 4. The molecule has 1 unspecified atom stereocenters. The third kappa shape index (κ3) is 13.6. The fourth-order valence-electron chi connectivity index (χ4n) is 6.24. The van der Waals surface area contributed by atoms with E-state index in [-0.39, 0.29) is 77.5 Å². The molecule has 338 valence electrons. The molecular formula is C41H50N14O9. The van der Waals surface area contributed by atoms with Gasteiger partial charge in [-0.3, -0.25) is 19.4 Å². The van der Waals surface area contributed by atoms with Gasteiger partial charge in [0.25, 0.3) is 11.5 Å². The van der Waals surface area contributed by atoms with Crippen LogP contribution >= 0.6 is 0 Å². The van der Waals surface area contributed by atoms with Crippen molar-refractivity contribution in [2.45, 2.75) is 38.5 Å². The Morgan fingerprint density at radius 3 is 2.17 bits per heavy atom. The lowest BCUT2D eigenvalue weighted by molar-refractivity contribution is -0.139. The number of aromatic amines is 2. The summed E-state index contributed by atoms with van der Waals surface area (Å²) in [5.41, 5.74) is 21.6. The van der Waals surface area contributed by atoms with Crippen LogP contribution in [0.1, 0.15) is 45.8 Å². The van der Waals surface area contributed by atoms with Gasteiger partial charge < -0.3 is 61.8 Å². The summed E-state index contributed by atoms with van der Waals surface area (Å²) in [5, 5.41) is 14.9. The number of aliphatic carboxylic acids is 1. The van der Waals surface area contributed by atoms with Crippen molar-refractivity contribution < 1.29 is 38.4 Å². The number of ether oxygens (including phenoxy) is 4. The first-order chi connectivity index (χ1) is 30.9. The maximum atomic E-state index is 12.9. The van der Waals surface area contributed by atoms with Crippen LogP contribution in [-0.4, -0.2) is 129 Å². The van der Waals surface area contributed by atoms with Gasteiger partial charge in [-0.15, -0.1) is 0 Å². The maximum absolute atomic E-state index is 12.9. The minimum Gasteiger partial charge on any atom is -0.480 e. The molecule has 1 atom stereocenters. The lowest BCUT2D eigenvalue weighted by Gasteiger charge is -2.19. The summed E-state index contributed by atoms with van der Waals surface area (Å²) in [6, 6.07) is 13.2. The van der Waals surface area contributed by atoms with E-state index >= 15 is 0 Å². The maximum Gasteiger partial charge on any atom is 0.326 e. The zero-order valence-corrected chi connectivity index (χ0v) is 35.0. The predicted molar refractivity (Wildman–Crippen MR) is 234 cm³/mol. The highest BCUT2D eigenvalue weighted by molar-refractivity contribution is 5.97. The molecule has 0 aliphatic carbocycles. The van der Waals surface area contributed by atoms with Gasteiger partial charge in [0.1, 0.15) is 11.9 Å². The van der Waals surface area contributed by atoms with Crippen molar-refractivity contribution in [2.75, 3.05) is 81.9 Å². The van der Waals surface area contributed by atoms with Crippen molar-refractivity contribution in [2.24, 2.45) is 0 Å². The minimum atomic E-state index is -1.27. The summed E-state index contributed by atoms with van der Waals surface area (Å²) in [5.74, 6) is -1.46. The third-order valence-electron chi connectivity index (χ3n) is 9.51. The van der Waals surface area contributed by atoms with E-state index in [1.165, 1.54) is 0 Å². The van der Waals surface area contributed by atoms with Crippen molar-refractivity contribution >= 4 is 63.5 Å². The van der Waals surface area contributed by atoms with Gasteiger partial charge in [0.15, 0.2) is 28.1 Å². The van der Waals surface area contributed by atoms with Gasteiger partial charge in [-0.2, -0.15) is 15.0 Å². The molecule has 0 aliphatic rings. The molecule has 23 nitrogen and oxygen atoms in total. The van der Waals surface area contributed by atoms with E-state index in [1.54, 1.807) is 30.5 Å². The zero-order valence-electron chi connectivity index (χ0n) is 35.0. The number of nitrogens with zero attached hydrogens (tertiary/aromatic N) is 7. The highest BCUT2D eigenvalue weighted by Gasteiger charge is 2.22. The Morgan fingerprint density at radius 2 is 1.47 bits per heavy atom. The monoisotopic (exact) mass is 882 g/mol. The summed E-state index contributed by atoms with van der Waals surface area (Å²) in [7, 11) is 1.83. The average Bonchev–Trinajstić information content (AvgIpc) is 3.68. The number of benzene rings is 2. The number of carbonyl (C=O) groups excluding carboxylic acids is 2. The number of rotatable bonds is 25. The summed E-state index contributed by atoms with van der Waals surface area (Å²) >= 11 is 0. The van der Waals surface area contributed by atoms with Crippen molar-refractivity contribution in [3.05, 3.63) is 93.3 Å². The van der Waals surface area contributed by atoms with Gasteiger partial charge in [-0.25, -0.2) is 19.7 Å². The molecule has 4 aromatic heterocycles. The van der Waals surface area contributed by atoms with Gasteiger partial charge in [0.05, 0.1) is 71.3 Å². The molecule has 2 aromatic carbocycles. The normalized spacial score (nSPS) is 11.8. The van der Waals surface area contributed by atoms with E-state index < -0.39 is 17.9 Å². The predicted octanol–water partition coefficient (Wildman–Crippen LogP) is 0.699. The number of amides is 2. The number of H-pyrrole nitrogens is 2. The van der Waals surface area contributed by atoms with Crippen LogP contribution in [-0.2, 0) is 48.1 Å². The topological polar surface area (TPSA) is 340 Å². The number of imidazole rings is 1. The quantitative estimate of drug-likeness (QED) is 0.0367. The van der Waals surface area contributed by atoms with Crippen LogP contribution < -0.4 is 38.3 Å². The summed E-state index contributed by atoms with van der Waals surface area (Å²) in [6.07, 6.45) is 1.84. The number of aromatic nitrogens is 8. The number of carboxylic acid groups (broad SMARTS) is 1. The highest BCUT2D eigenvalue weighted by atomic mass is 16.6. The Balaban J connectivity index is 0.760. The van der Waals surface area contributed by atoms with Crippen LogP contribution in [0.5, 0.6) is 0 Å². The molecule has 11 N–H and O–H groups in total. The van der Waals surface area contributed by atoms with Crippen LogP contribution in [0.2, 0.25) is 0 Å². The number of nitrogens with one attached hydrogen (secondary N) is 4. The van der Waals surface area contributed by atoms with Crippen LogP contribution in [0.25, 0.3) is 22.3 Å². The molecule has 0 bridgehead atoms. The highest BCUT2D eigenvalue weighted by Crippen LogP contribution is 2.19. The Kier molecular flexibility index (Phi) is 16.3. The standard InChI is InChI=1S/C41H50N14O9/c1-55(22-27-21-46-35-32(47-27)34(42)51-40(43)52-35)28-8-6-26(7-9-28)37(57)48-29(39(59)60)10-11-31(56)45-12-13-61-14-15-62-16-17-63-18-19-64-23-25-4-2-24(3-5-25)20-30-49-33-36(50-30)53-41(44)54-38(33)58/h2-9,21,29H,10-20,22-23H2,1H3,(H,45,56)(H,48,57)(H,59,60)(H4,42,43,46,51,52)(H4,44,49,50,53,54,58). The average molecular weight is 883 g/mol. The molecule has 23 heteroatoms. The van der Waals surface area contributed by atoms with E-state index in [4.69, 9.17) is 36.1 Å². The third-order valence-corrected chi connectivity index (χ3v) is 9.51. The van der Waals surface area contributed by atoms with Crippen molar-refractivity contribution in [3.8, 4) is 0 Å². The van der Waals surface area contributed by atoms with Gasteiger partial charge in [-0.05, 0) is 41.8 Å². The van der Waals surface area contributed by atoms with Crippen molar-refractivity contribution in [3.63, 3.8) is 0 Å². The van der Waals surface area contributed by atoms with Crippen LogP contribution in [0.4, 0.5) is 23.4 Å². The van der Waals surface area contributed by atoms with Crippen LogP contribution in [0.3, 0.4) is 0 Å². The Bertz CT molecular complexity index is 2570. The smallest absolute Gasteiger partial charge is 0.326 e. The molecule has 6 rings (SSSR count). The van der Waals surface area contributed by atoms with E-state index in [9.17, 15) is 24.3 Å². The first-order valence-electron chi connectivity index (χ1n) is 20.2. The van der Waals surface area contributed by atoms with Gasteiger partial charge in [0.2, 0.25) is 17.8 Å². The zero-order chi connectivity index (χ0) is 45.4. The second kappa shape index (κ2) is 22.7. The molecule has 0 fully saturated rings. The SMILES string of the molecule is CN(Cc1cnc2nc(N)nc(N)c2n1)c1ccc(C(=O)NC(CCC(=O)NCCOCCOCCOCCOCc2ccc(Cc3nc4nc(N)[nH]c(=O)c4[nH]3)cc2)C(=O)O)cc1. The van der Waals surface area contributed by atoms with E-state index in [0.29, 0.717) is 76.2 Å². The van der Waals surface area contributed by atoms with Gasteiger partial charge in [0, 0.05) is 37.7 Å². The molecular weight excluding hydrogens is 833 g/mol. The molecule has 0 saturated heterocycles. The fourth-order valence-corrected chi connectivity index (χ4v) is 6.24. The largest absolute Gasteiger partial charge is 0.480 e. The Morgan fingerprint density at radius 1 is 0.797 bits per heavy atom. The van der Waals surface area contributed by atoms with Crippen molar-refractivity contribution in [1.82, 2.24) is 50.5 Å². The lowest BCUT2D eigenvalue weighted by atomic mass is 10.1. The lowest BCUT2D eigenvalue weighted by Crippen LogP contribution is -2.41. The van der Waals surface area contributed by atoms with Crippen molar-refractivity contribution in [1.29, 1.82) is 0 Å². The Labute approximate surface area is 365 Å². The van der Waals surface area contributed by atoms with Gasteiger partial charge in [-0.1, -0.05) is 24.3 Å². The molecule has 6 aromatic rings. The molecule has 0 aliphatic heterocycles. The number of nitrogens with two attached hydrogens (primary N) is 3. The van der Waals surface area contributed by atoms with E-state index in [2.05, 4.69) is 50.5 Å². The second-order valence-corrected chi connectivity index (χ2v) is 14.4. The molecule has 0 saturated carbocycles. The molecule has 0 spiro atoms. The molecule has 4 heterocycles. The molecule has 64 heavy (non-hydrogen) atoms. The molecule has 0 radical (unpaired) electrons. The number of hydrogen-bond acceptors (Lipinski definition) is 18. The minimum absolute atomic E-state index is 0.00693. The number of carbonyl (C=O) groups is 3. The van der Waals surface area contributed by atoms with E-state index in [0.717, 1.165) is 16.8 Å².